The third-order valence-electron chi connectivity index (χ3n) is 1.95. The number of esters is 1. The molecule has 1 aromatic rings. The second kappa shape index (κ2) is 4.51. The molecule has 0 saturated carbocycles. The van der Waals surface area contributed by atoms with Crippen molar-refractivity contribution in [2.45, 2.75) is 20.3 Å². The Hall–Kier alpha value is -1.59. The molecule has 16 heavy (non-hydrogen) atoms. The van der Waals surface area contributed by atoms with Crippen LogP contribution in [0.5, 0.6) is 5.75 Å². The molecular formula is C10H8F4O2. The topological polar surface area (TPSA) is 26.3 Å². The van der Waals surface area contributed by atoms with Gasteiger partial charge in [-0.2, -0.15) is 8.78 Å². The van der Waals surface area contributed by atoms with E-state index in [1.54, 1.807) is 0 Å². The van der Waals surface area contributed by atoms with Crippen molar-refractivity contribution in [3.05, 3.63) is 28.8 Å². The zero-order valence-corrected chi connectivity index (χ0v) is 8.54. The van der Waals surface area contributed by atoms with Gasteiger partial charge in [-0.25, -0.2) is 8.78 Å². The van der Waals surface area contributed by atoms with Crippen molar-refractivity contribution in [3.63, 3.8) is 0 Å². The Kier molecular flexibility index (Phi) is 3.51. The van der Waals surface area contributed by atoms with E-state index in [1.165, 1.54) is 6.92 Å². The number of rotatable bonds is 2. The summed E-state index contributed by atoms with van der Waals surface area (Å²) >= 11 is 0. The van der Waals surface area contributed by atoms with Gasteiger partial charge in [0.05, 0.1) is 0 Å². The smallest absolute Gasteiger partial charge is 0.311 e. The highest BCUT2D eigenvalue weighted by Crippen LogP contribution is 2.29. The van der Waals surface area contributed by atoms with Crippen molar-refractivity contribution < 1.29 is 27.1 Å². The van der Waals surface area contributed by atoms with Crippen LogP contribution in [0.15, 0.2) is 0 Å². The first kappa shape index (κ1) is 12.5. The van der Waals surface area contributed by atoms with Crippen LogP contribution in [0.4, 0.5) is 17.6 Å². The van der Waals surface area contributed by atoms with Gasteiger partial charge in [0.1, 0.15) is 0 Å². The largest absolute Gasteiger partial charge is 0.420 e. The Bertz CT molecular complexity index is 414. The molecule has 0 aliphatic carbocycles. The first-order valence-electron chi connectivity index (χ1n) is 4.43. The van der Waals surface area contributed by atoms with Crippen LogP contribution in [0.3, 0.4) is 0 Å². The van der Waals surface area contributed by atoms with Crippen molar-refractivity contribution in [2.24, 2.45) is 0 Å². The number of benzene rings is 1. The minimum atomic E-state index is -1.71. The molecule has 0 amide bonds. The fraction of sp³-hybridized carbons (Fsp3) is 0.300. The van der Waals surface area contributed by atoms with Crippen molar-refractivity contribution >= 4 is 5.97 Å². The fourth-order valence-corrected chi connectivity index (χ4v) is 0.997. The standard InChI is InChI=1S/C10H8F4O2/c1-3-5(15)16-10-8(13)6(11)4(2)7(12)9(10)14/h3H2,1-2H3. The van der Waals surface area contributed by atoms with Gasteiger partial charge >= 0.3 is 5.97 Å². The molecule has 88 valence electrons. The summed E-state index contributed by atoms with van der Waals surface area (Å²) in [5, 5.41) is 0. The highest BCUT2D eigenvalue weighted by atomic mass is 19.2. The lowest BCUT2D eigenvalue weighted by Crippen LogP contribution is -2.11. The summed E-state index contributed by atoms with van der Waals surface area (Å²) in [6.07, 6.45) is -0.171. The van der Waals surface area contributed by atoms with E-state index in [0.29, 0.717) is 0 Å². The Morgan fingerprint density at radius 1 is 1.06 bits per heavy atom. The molecule has 0 atom stereocenters. The Labute approximate surface area is 88.8 Å². The van der Waals surface area contributed by atoms with E-state index < -0.39 is 40.6 Å². The number of hydrogen-bond acceptors (Lipinski definition) is 2. The van der Waals surface area contributed by atoms with E-state index in [9.17, 15) is 22.4 Å². The lowest BCUT2D eigenvalue weighted by atomic mass is 10.2. The van der Waals surface area contributed by atoms with Crippen LogP contribution in [0.25, 0.3) is 0 Å². The molecule has 0 aliphatic heterocycles. The van der Waals surface area contributed by atoms with E-state index in [4.69, 9.17) is 0 Å². The third-order valence-corrected chi connectivity index (χ3v) is 1.95. The Morgan fingerprint density at radius 2 is 1.50 bits per heavy atom. The molecule has 6 heteroatoms. The van der Waals surface area contributed by atoms with Crippen LogP contribution in [-0.2, 0) is 4.79 Å². The van der Waals surface area contributed by atoms with Crippen LogP contribution >= 0.6 is 0 Å². The molecule has 1 aromatic carbocycles. The highest BCUT2D eigenvalue weighted by Gasteiger charge is 2.25. The third kappa shape index (κ3) is 2.00. The summed E-state index contributed by atoms with van der Waals surface area (Å²) in [7, 11) is 0. The monoisotopic (exact) mass is 236 g/mol. The van der Waals surface area contributed by atoms with Crippen LogP contribution < -0.4 is 4.74 Å². The number of carbonyl (C=O) groups excluding carboxylic acids is 1. The minimum absolute atomic E-state index is 0.171. The van der Waals surface area contributed by atoms with Crippen LogP contribution in [0, 0.1) is 30.2 Å². The summed E-state index contributed by atoms with van der Waals surface area (Å²) in [6, 6.07) is 0. The van der Waals surface area contributed by atoms with Gasteiger partial charge in [-0.15, -0.1) is 0 Å². The molecule has 0 aliphatic rings. The first-order chi connectivity index (χ1) is 7.40. The maximum absolute atomic E-state index is 13.1. The van der Waals surface area contributed by atoms with Gasteiger partial charge in [-0.1, -0.05) is 6.92 Å². The van der Waals surface area contributed by atoms with Gasteiger partial charge in [0.25, 0.3) is 0 Å². The fourth-order valence-electron chi connectivity index (χ4n) is 0.997. The quantitative estimate of drug-likeness (QED) is 0.341. The molecule has 0 radical (unpaired) electrons. The maximum Gasteiger partial charge on any atom is 0.311 e. The number of carbonyl (C=O) groups is 1. The van der Waals surface area contributed by atoms with Gasteiger partial charge in [0, 0.05) is 12.0 Å². The summed E-state index contributed by atoms with van der Waals surface area (Å²) in [6.45, 7) is 2.25. The summed E-state index contributed by atoms with van der Waals surface area (Å²) in [5.74, 6) is -8.89. The molecule has 0 bridgehead atoms. The lowest BCUT2D eigenvalue weighted by Gasteiger charge is -2.09. The molecular weight excluding hydrogens is 228 g/mol. The average Bonchev–Trinajstić information content (AvgIpc) is 2.29. The predicted octanol–water partition coefficient (Wildman–Crippen LogP) is 2.87. The number of hydrogen-bond donors (Lipinski definition) is 0. The molecule has 0 heterocycles. The summed E-state index contributed by atoms with van der Waals surface area (Å²) < 4.78 is 56.5. The molecule has 0 saturated heterocycles. The van der Waals surface area contributed by atoms with Crippen LogP contribution in [0.2, 0.25) is 0 Å². The van der Waals surface area contributed by atoms with Gasteiger partial charge in [0.2, 0.25) is 17.4 Å². The molecule has 0 spiro atoms. The van der Waals surface area contributed by atoms with Crippen LogP contribution in [0.1, 0.15) is 18.9 Å². The summed E-state index contributed by atoms with van der Waals surface area (Å²) in [4.78, 5) is 10.8. The maximum atomic E-state index is 13.1. The second-order valence-electron chi connectivity index (χ2n) is 3.04. The van der Waals surface area contributed by atoms with Crippen molar-refractivity contribution in [2.75, 3.05) is 0 Å². The van der Waals surface area contributed by atoms with E-state index in [-0.39, 0.29) is 6.42 Å². The number of ether oxygens (including phenoxy) is 1. The predicted molar refractivity (Wildman–Crippen MR) is 46.9 cm³/mol. The average molecular weight is 236 g/mol. The zero-order valence-electron chi connectivity index (χ0n) is 8.54. The molecule has 0 N–H and O–H groups in total. The Balaban J connectivity index is 3.34. The molecule has 0 aromatic heterocycles. The Morgan fingerprint density at radius 3 is 1.88 bits per heavy atom. The van der Waals surface area contributed by atoms with Crippen molar-refractivity contribution in [1.82, 2.24) is 0 Å². The SMILES string of the molecule is CCC(=O)Oc1c(F)c(F)c(C)c(F)c1F. The van der Waals surface area contributed by atoms with Crippen LogP contribution in [-0.4, -0.2) is 5.97 Å². The highest BCUT2D eigenvalue weighted by molar-refractivity contribution is 5.72. The molecule has 1 rings (SSSR count). The van der Waals surface area contributed by atoms with Gasteiger partial charge < -0.3 is 4.74 Å². The molecule has 0 unspecified atom stereocenters. The van der Waals surface area contributed by atoms with E-state index in [1.807, 2.05) is 0 Å². The summed E-state index contributed by atoms with van der Waals surface area (Å²) in [5.41, 5.74) is -0.800. The first-order valence-corrected chi connectivity index (χ1v) is 4.43. The van der Waals surface area contributed by atoms with Crippen molar-refractivity contribution in [3.8, 4) is 5.75 Å². The van der Waals surface area contributed by atoms with Gasteiger partial charge in [0.15, 0.2) is 11.6 Å². The lowest BCUT2D eigenvalue weighted by molar-refractivity contribution is -0.134. The van der Waals surface area contributed by atoms with Gasteiger partial charge in [-0.05, 0) is 6.92 Å². The van der Waals surface area contributed by atoms with Crippen molar-refractivity contribution in [1.29, 1.82) is 0 Å². The molecule has 0 fully saturated rings. The van der Waals surface area contributed by atoms with E-state index >= 15 is 0 Å². The minimum Gasteiger partial charge on any atom is -0.420 e. The van der Waals surface area contributed by atoms with E-state index in [0.717, 1.165) is 6.92 Å². The van der Waals surface area contributed by atoms with E-state index in [2.05, 4.69) is 4.74 Å². The van der Waals surface area contributed by atoms with Gasteiger partial charge in [-0.3, -0.25) is 4.79 Å². The second-order valence-corrected chi connectivity index (χ2v) is 3.04. The molecule has 2 nitrogen and oxygen atoms in total. The normalized spacial score (nSPS) is 10.4. The number of halogens is 4. The zero-order chi connectivity index (χ0) is 12.5.